The third-order valence-electron chi connectivity index (χ3n) is 3.30. The number of aryl methyl sites for hydroxylation is 1. The van der Waals surface area contributed by atoms with Gasteiger partial charge < -0.3 is 9.47 Å². The number of azo groups is 1. The molecular formula is C16H17N3O4. The Morgan fingerprint density at radius 3 is 2.22 bits per heavy atom. The van der Waals surface area contributed by atoms with Crippen molar-refractivity contribution < 1.29 is 14.4 Å². The predicted octanol–water partition coefficient (Wildman–Crippen LogP) is 4.59. The van der Waals surface area contributed by atoms with Crippen LogP contribution in [0.15, 0.2) is 46.6 Å². The van der Waals surface area contributed by atoms with Crippen molar-refractivity contribution >= 4 is 17.1 Å². The fourth-order valence-corrected chi connectivity index (χ4v) is 2.05. The Morgan fingerprint density at radius 1 is 1.04 bits per heavy atom. The highest BCUT2D eigenvalue weighted by Crippen LogP contribution is 2.36. The number of benzene rings is 2. The number of hydrogen-bond acceptors (Lipinski definition) is 6. The summed E-state index contributed by atoms with van der Waals surface area (Å²) < 4.78 is 10.7. The van der Waals surface area contributed by atoms with Crippen LogP contribution in [0.3, 0.4) is 0 Å². The first-order valence-corrected chi connectivity index (χ1v) is 7.00. The smallest absolute Gasteiger partial charge is 0.269 e. The Kier molecular flexibility index (Phi) is 5.24. The highest BCUT2D eigenvalue weighted by atomic mass is 16.6. The average molecular weight is 315 g/mol. The van der Waals surface area contributed by atoms with E-state index in [9.17, 15) is 10.1 Å². The Labute approximate surface area is 133 Å². The van der Waals surface area contributed by atoms with E-state index in [4.69, 9.17) is 9.47 Å². The van der Waals surface area contributed by atoms with Crippen LogP contribution in [0.25, 0.3) is 0 Å². The zero-order chi connectivity index (χ0) is 16.8. The van der Waals surface area contributed by atoms with E-state index in [0.717, 1.165) is 12.0 Å². The van der Waals surface area contributed by atoms with Gasteiger partial charge >= 0.3 is 0 Å². The summed E-state index contributed by atoms with van der Waals surface area (Å²) in [5, 5.41) is 18.9. The maximum atomic E-state index is 10.6. The van der Waals surface area contributed by atoms with E-state index in [1.165, 1.54) is 24.3 Å². The minimum Gasteiger partial charge on any atom is -0.496 e. The Hall–Kier alpha value is -2.96. The van der Waals surface area contributed by atoms with Crippen molar-refractivity contribution in [2.24, 2.45) is 10.2 Å². The average Bonchev–Trinajstić information content (AvgIpc) is 2.59. The first-order valence-electron chi connectivity index (χ1n) is 7.00. The third-order valence-corrected chi connectivity index (χ3v) is 3.30. The number of nitro benzene ring substituents is 1. The molecule has 0 aliphatic heterocycles. The standard InChI is InChI=1S/C16H17N3O4/c1-4-11-9-16(23-3)14(10-15(11)22-2)18-17-12-5-7-13(8-6-12)19(20)21/h5-10H,4H2,1-3H3/b18-17+. The number of ether oxygens (including phenoxy) is 2. The molecule has 0 saturated heterocycles. The predicted molar refractivity (Wildman–Crippen MR) is 86.2 cm³/mol. The van der Waals surface area contributed by atoms with Gasteiger partial charge in [-0.3, -0.25) is 10.1 Å². The lowest BCUT2D eigenvalue weighted by molar-refractivity contribution is -0.384. The topological polar surface area (TPSA) is 86.3 Å². The molecule has 0 unspecified atom stereocenters. The van der Waals surface area contributed by atoms with Crippen molar-refractivity contribution in [3.63, 3.8) is 0 Å². The Balaban J connectivity index is 2.32. The molecule has 2 aromatic carbocycles. The number of nitrogens with zero attached hydrogens (tertiary/aromatic N) is 3. The van der Waals surface area contributed by atoms with E-state index in [1.807, 2.05) is 13.0 Å². The fraction of sp³-hybridized carbons (Fsp3) is 0.250. The van der Waals surface area contributed by atoms with Crippen molar-refractivity contribution in [3.8, 4) is 11.5 Å². The van der Waals surface area contributed by atoms with Crippen LogP contribution >= 0.6 is 0 Å². The highest BCUT2D eigenvalue weighted by molar-refractivity contribution is 5.59. The number of methoxy groups -OCH3 is 2. The van der Waals surface area contributed by atoms with Gasteiger partial charge in [0.15, 0.2) is 0 Å². The quantitative estimate of drug-likeness (QED) is 0.443. The van der Waals surface area contributed by atoms with Crippen LogP contribution < -0.4 is 9.47 Å². The minimum atomic E-state index is -0.460. The van der Waals surface area contributed by atoms with Gasteiger partial charge in [0.2, 0.25) is 0 Å². The van der Waals surface area contributed by atoms with Gasteiger partial charge in [0.25, 0.3) is 5.69 Å². The molecule has 2 rings (SSSR count). The summed E-state index contributed by atoms with van der Waals surface area (Å²) in [5.41, 5.74) is 2.06. The van der Waals surface area contributed by atoms with Gasteiger partial charge in [0.1, 0.15) is 17.2 Å². The lowest BCUT2D eigenvalue weighted by atomic mass is 10.1. The van der Waals surface area contributed by atoms with Gasteiger partial charge in [-0.25, -0.2) is 0 Å². The molecule has 0 N–H and O–H groups in total. The fourth-order valence-electron chi connectivity index (χ4n) is 2.05. The lowest BCUT2D eigenvalue weighted by Crippen LogP contribution is -1.93. The summed E-state index contributed by atoms with van der Waals surface area (Å²) in [6.45, 7) is 2.02. The van der Waals surface area contributed by atoms with Crippen LogP contribution in [0.4, 0.5) is 17.1 Å². The molecule has 0 radical (unpaired) electrons. The molecule has 7 heteroatoms. The summed E-state index contributed by atoms with van der Waals surface area (Å²) in [6, 6.07) is 9.45. The van der Waals surface area contributed by atoms with E-state index >= 15 is 0 Å². The molecule has 0 amide bonds. The zero-order valence-electron chi connectivity index (χ0n) is 13.1. The van der Waals surface area contributed by atoms with Crippen LogP contribution in [-0.4, -0.2) is 19.1 Å². The van der Waals surface area contributed by atoms with E-state index < -0.39 is 4.92 Å². The SMILES string of the molecule is CCc1cc(OC)c(/N=N/c2ccc([N+](=O)[O-])cc2)cc1OC. The van der Waals surface area contributed by atoms with Crippen molar-refractivity contribution in [2.75, 3.05) is 14.2 Å². The lowest BCUT2D eigenvalue weighted by Gasteiger charge is -2.11. The summed E-state index contributed by atoms with van der Waals surface area (Å²) in [6.07, 6.45) is 0.805. The molecule has 0 spiro atoms. The van der Waals surface area contributed by atoms with E-state index in [0.29, 0.717) is 22.9 Å². The van der Waals surface area contributed by atoms with Crippen molar-refractivity contribution in [2.45, 2.75) is 13.3 Å². The molecule has 0 heterocycles. The van der Waals surface area contributed by atoms with Crippen molar-refractivity contribution in [3.05, 3.63) is 52.1 Å². The molecular weight excluding hydrogens is 298 g/mol. The molecule has 0 atom stereocenters. The molecule has 2 aromatic rings. The summed E-state index contributed by atoms with van der Waals surface area (Å²) in [4.78, 5) is 10.2. The maximum absolute atomic E-state index is 10.6. The number of rotatable bonds is 6. The Morgan fingerprint density at radius 2 is 1.70 bits per heavy atom. The maximum Gasteiger partial charge on any atom is 0.269 e. The van der Waals surface area contributed by atoms with Gasteiger partial charge in [-0.15, -0.1) is 5.11 Å². The minimum absolute atomic E-state index is 0.00972. The summed E-state index contributed by atoms with van der Waals surface area (Å²) in [7, 11) is 3.16. The van der Waals surface area contributed by atoms with E-state index in [-0.39, 0.29) is 5.69 Å². The summed E-state index contributed by atoms with van der Waals surface area (Å²) >= 11 is 0. The molecule has 0 aliphatic carbocycles. The van der Waals surface area contributed by atoms with E-state index in [2.05, 4.69) is 10.2 Å². The van der Waals surface area contributed by atoms with Crippen molar-refractivity contribution in [1.29, 1.82) is 0 Å². The molecule has 23 heavy (non-hydrogen) atoms. The van der Waals surface area contributed by atoms with Gasteiger partial charge in [-0.05, 0) is 30.2 Å². The van der Waals surface area contributed by atoms with Crippen LogP contribution in [0.2, 0.25) is 0 Å². The first-order chi connectivity index (χ1) is 11.1. The first kappa shape index (κ1) is 16.4. The van der Waals surface area contributed by atoms with Crippen LogP contribution in [-0.2, 0) is 6.42 Å². The van der Waals surface area contributed by atoms with Gasteiger partial charge in [-0.2, -0.15) is 5.11 Å². The second-order valence-electron chi connectivity index (χ2n) is 4.66. The number of non-ortho nitro benzene ring substituents is 1. The number of nitro groups is 1. The van der Waals surface area contributed by atoms with Gasteiger partial charge in [-0.1, -0.05) is 6.92 Å². The van der Waals surface area contributed by atoms with E-state index in [1.54, 1.807) is 20.3 Å². The summed E-state index contributed by atoms with van der Waals surface area (Å²) in [5.74, 6) is 1.30. The van der Waals surface area contributed by atoms with Gasteiger partial charge in [0, 0.05) is 18.2 Å². The van der Waals surface area contributed by atoms with Crippen LogP contribution in [0.1, 0.15) is 12.5 Å². The zero-order valence-corrected chi connectivity index (χ0v) is 13.1. The van der Waals surface area contributed by atoms with Crippen LogP contribution in [0.5, 0.6) is 11.5 Å². The van der Waals surface area contributed by atoms with Crippen LogP contribution in [0, 0.1) is 10.1 Å². The molecule has 0 fully saturated rings. The normalized spacial score (nSPS) is 10.7. The second-order valence-corrected chi connectivity index (χ2v) is 4.66. The monoisotopic (exact) mass is 315 g/mol. The molecule has 0 aliphatic rings. The third kappa shape index (κ3) is 3.82. The highest BCUT2D eigenvalue weighted by Gasteiger charge is 2.10. The molecule has 0 saturated carbocycles. The Bertz CT molecular complexity index is 727. The molecule has 120 valence electrons. The van der Waals surface area contributed by atoms with Gasteiger partial charge in [0.05, 0.1) is 24.8 Å². The molecule has 7 nitrogen and oxygen atoms in total. The van der Waals surface area contributed by atoms with Crippen molar-refractivity contribution in [1.82, 2.24) is 0 Å². The molecule has 0 aromatic heterocycles. The second kappa shape index (κ2) is 7.35. The molecule has 0 bridgehead atoms. The number of hydrogen-bond donors (Lipinski definition) is 0. The largest absolute Gasteiger partial charge is 0.496 e.